The molecule has 2 aliphatic rings. The minimum atomic E-state index is -0.940. The number of nitrogens with zero attached hydrogens (tertiary/aromatic N) is 2. The number of hydrogen-bond donors (Lipinski definition) is 1. The number of Topliss-reactive ketones (excluding diaryl/α,β-unsaturated/α-hetero) is 1. The third kappa shape index (κ3) is 5.30. The van der Waals surface area contributed by atoms with Gasteiger partial charge in [0.05, 0.1) is 35.0 Å². The lowest BCUT2D eigenvalue weighted by molar-refractivity contribution is -0.132. The summed E-state index contributed by atoms with van der Waals surface area (Å²) < 4.78 is 18.7. The van der Waals surface area contributed by atoms with Gasteiger partial charge in [-0.15, -0.1) is 0 Å². The predicted octanol–water partition coefficient (Wildman–Crippen LogP) is 7.44. The van der Waals surface area contributed by atoms with E-state index in [-0.39, 0.29) is 17.4 Å². The quantitative estimate of drug-likeness (QED) is 0.0908. The number of aromatic nitrogens is 1. The molecule has 44 heavy (non-hydrogen) atoms. The van der Waals surface area contributed by atoms with Crippen molar-refractivity contribution in [1.82, 2.24) is 4.98 Å². The molecule has 8 nitrogen and oxygen atoms in total. The first-order valence-corrected chi connectivity index (χ1v) is 15.9. The van der Waals surface area contributed by atoms with E-state index in [1.54, 1.807) is 24.3 Å². The molecule has 1 fully saturated rings. The number of benzene rings is 3. The maximum absolute atomic E-state index is 13.9. The van der Waals surface area contributed by atoms with Crippen molar-refractivity contribution < 1.29 is 28.9 Å². The summed E-state index contributed by atoms with van der Waals surface area (Å²) in [6, 6.07) is 13.9. The van der Waals surface area contributed by atoms with Gasteiger partial charge >= 0.3 is 5.91 Å². The number of unbranched alkanes of at least 4 members (excludes halogenated alkanes) is 1. The Morgan fingerprint density at radius 1 is 1.07 bits per heavy atom. The molecule has 3 aromatic carbocycles. The molecule has 228 valence electrons. The number of thiazole rings is 1. The van der Waals surface area contributed by atoms with Crippen LogP contribution in [0, 0.1) is 13.8 Å². The van der Waals surface area contributed by atoms with E-state index in [9.17, 15) is 14.7 Å². The first kappa shape index (κ1) is 29.7. The average molecular weight is 613 g/mol. The Labute approximate surface area is 260 Å². The molecular weight excluding hydrogens is 576 g/mol. The number of carbonyl (C=O) groups excluding carboxylic acids is 2. The Morgan fingerprint density at radius 3 is 2.66 bits per heavy atom. The summed E-state index contributed by atoms with van der Waals surface area (Å²) in [6.45, 7) is 10.9. The smallest absolute Gasteiger partial charge is 0.301 e. The molecule has 6 rings (SSSR count). The number of ketones is 1. The van der Waals surface area contributed by atoms with Gasteiger partial charge in [-0.25, -0.2) is 4.98 Å². The zero-order valence-corrected chi connectivity index (χ0v) is 26.4. The lowest BCUT2D eigenvalue weighted by Gasteiger charge is -2.24. The Bertz CT molecular complexity index is 1810. The van der Waals surface area contributed by atoms with Crippen molar-refractivity contribution in [3.8, 4) is 17.2 Å². The van der Waals surface area contributed by atoms with Crippen LogP contribution in [0.1, 0.15) is 67.5 Å². The minimum Gasteiger partial charge on any atom is -0.507 e. The Kier molecular flexibility index (Phi) is 8.07. The van der Waals surface area contributed by atoms with E-state index >= 15 is 0 Å². The van der Waals surface area contributed by atoms with Crippen molar-refractivity contribution in [2.75, 3.05) is 18.1 Å². The first-order valence-electron chi connectivity index (χ1n) is 15.1. The fourth-order valence-corrected chi connectivity index (χ4v) is 7.11. The lowest BCUT2D eigenvalue weighted by Crippen LogP contribution is -2.29. The van der Waals surface area contributed by atoms with E-state index in [1.807, 2.05) is 52.0 Å². The molecule has 0 bridgehead atoms. The molecule has 1 N–H and O–H groups in total. The third-order valence-corrected chi connectivity index (χ3v) is 8.98. The summed E-state index contributed by atoms with van der Waals surface area (Å²) in [5, 5.41) is 12.1. The van der Waals surface area contributed by atoms with Gasteiger partial charge in [0.2, 0.25) is 0 Å². The normalized spacial score (nSPS) is 19.0. The van der Waals surface area contributed by atoms with Gasteiger partial charge < -0.3 is 19.3 Å². The summed E-state index contributed by atoms with van der Waals surface area (Å²) in [6.07, 6.45) is 2.60. The summed E-state index contributed by atoms with van der Waals surface area (Å²) >= 11 is 1.35. The number of rotatable bonds is 9. The molecule has 3 heterocycles. The topological polar surface area (TPSA) is 98.2 Å². The van der Waals surface area contributed by atoms with Crippen LogP contribution in [0.15, 0.2) is 54.1 Å². The van der Waals surface area contributed by atoms with Crippen molar-refractivity contribution in [3.05, 3.63) is 81.9 Å². The number of aliphatic hydroxyl groups is 1. The highest BCUT2D eigenvalue weighted by Gasteiger charge is 2.48. The van der Waals surface area contributed by atoms with Crippen LogP contribution in [0.2, 0.25) is 0 Å². The van der Waals surface area contributed by atoms with E-state index in [2.05, 4.69) is 6.92 Å². The zero-order chi connectivity index (χ0) is 31.1. The summed E-state index contributed by atoms with van der Waals surface area (Å²) in [7, 11) is 0. The minimum absolute atomic E-state index is 0.00354. The monoisotopic (exact) mass is 612 g/mol. The zero-order valence-electron chi connectivity index (χ0n) is 25.6. The van der Waals surface area contributed by atoms with Crippen LogP contribution < -0.4 is 19.1 Å². The van der Waals surface area contributed by atoms with Crippen LogP contribution in [0.4, 0.5) is 5.13 Å². The second-order valence-electron chi connectivity index (χ2n) is 11.4. The molecule has 0 radical (unpaired) electrons. The van der Waals surface area contributed by atoms with Gasteiger partial charge in [0.15, 0.2) is 16.6 Å². The largest absolute Gasteiger partial charge is 0.507 e. The first-order chi connectivity index (χ1) is 21.2. The van der Waals surface area contributed by atoms with E-state index in [0.717, 1.165) is 45.5 Å². The average Bonchev–Trinajstić information content (AvgIpc) is 3.66. The number of fused-ring (bicyclic) bond motifs is 2. The van der Waals surface area contributed by atoms with Crippen LogP contribution >= 0.6 is 11.3 Å². The number of amides is 1. The van der Waals surface area contributed by atoms with Crippen molar-refractivity contribution in [1.29, 1.82) is 0 Å². The molecule has 1 saturated heterocycles. The van der Waals surface area contributed by atoms with Crippen LogP contribution in [0.25, 0.3) is 16.0 Å². The van der Waals surface area contributed by atoms with E-state index < -0.39 is 17.7 Å². The number of hydrogen-bond acceptors (Lipinski definition) is 8. The van der Waals surface area contributed by atoms with E-state index in [4.69, 9.17) is 19.2 Å². The highest BCUT2D eigenvalue weighted by molar-refractivity contribution is 7.22. The molecule has 2 aliphatic heterocycles. The Morgan fingerprint density at radius 2 is 1.89 bits per heavy atom. The number of aryl methyl sites for hydroxylation is 2. The molecular formula is C35H36N2O6S. The number of anilines is 1. The van der Waals surface area contributed by atoms with Crippen molar-refractivity contribution in [2.24, 2.45) is 0 Å². The van der Waals surface area contributed by atoms with Gasteiger partial charge in [-0.2, -0.15) is 0 Å². The van der Waals surface area contributed by atoms with E-state index in [1.165, 1.54) is 16.2 Å². The molecule has 2 atom stereocenters. The standard InChI is InChI=1S/C35H36N2O6S/c1-6-8-13-42-26-12-9-22(18-27(26)41-7-2)31-29(32(38)23-10-11-25-24(17-23)16-21(5)43-25)33(39)34(40)37(31)35-36-30-20(4)14-19(3)15-28(30)44-35/h9-12,14-15,17-18,21,31,38H,6-8,13,16H2,1-5H3/t21-,31+/m1/s1. The Hall–Kier alpha value is -4.37. The van der Waals surface area contributed by atoms with Gasteiger partial charge in [0, 0.05) is 12.0 Å². The number of aliphatic hydroxyl groups excluding tert-OH is 1. The maximum Gasteiger partial charge on any atom is 0.301 e. The molecule has 1 aromatic heterocycles. The summed E-state index contributed by atoms with van der Waals surface area (Å²) in [5.41, 5.74) is 4.83. The predicted molar refractivity (Wildman–Crippen MR) is 172 cm³/mol. The highest BCUT2D eigenvalue weighted by Crippen LogP contribution is 2.46. The molecule has 4 aromatic rings. The molecule has 9 heteroatoms. The van der Waals surface area contributed by atoms with Crippen LogP contribution in [-0.2, 0) is 16.0 Å². The fraction of sp³-hybridized carbons (Fsp3) is 0.343. The van der Waals surface area contributed by atoms with Crippen molar-refractivity contribution in [2.45, 2.75) is 66.0 Å². The van der Waals surface area contributed by atoms with Gasteiger partial charge in [-0.3, -0.25) is 14.5 Å². The van der Waals surface area contributed by atoms with Gasteiger partial charge in [-0.05, 0) is 92.8 Å². The summed E-state index contributed by atoms with van der Waals surface area (Å²) in [4.78, 5) is 34.0. The molecule has 0 spiro atoms. The lowest BCUT2D eigenvalue weighted by atomic mass is 9.94. The van der Waals surface area contributed by atoms with Crippen molar-refractivity contribution >= 4 is 44.1 Å². The SMILES string of the molecule is CCCCOc1ccc([C@H]2C(=C(O)c3ccc4c(c3)C[C@@H](C)O4)C(=O)C(=O)N2c2nc3c(C)cc(C)cc3s2)cc1OCC. The van der Waals surface area contributed by atoms with Gasteiger partial charge in [-0.1, -0.05) is 36.8 Å². The van der Waals surface area contributed by atoms with E-state index in [0.29, 0.717) is 47.4 Å². The molecule has 1 amide bonds. The van der Waals surface area contributed by atoms with Gasteiger partial charge in [0.1, 0.15) is 17.6 Å². The second kappa shape index (κ2) is 12.0. The highest BCUT2D eigenvalue weighted by atomic mass is 32.1. The third-order valence-electron chi connectivity index (χ3n) is 7.98. The molecule has 0 saturated carbocycles. The maximum atomic E-state index is 13.9. The number of ether oxygens (including phenoxy) is 3. The van der Waals surface area contributed by atoms with Crippen LogP contribution in [-0.4, -0.2) is 41.1 Å². The van der Waals surface area contributed by atoms with Crippen molar-refractivity contribution in [3.63, 3.8) is 0 Å². The Balaban J connectivity index is 1.53. The van der Waals surface area contributed by atoms with Gasteiger partial charge in [0.25, 0.3) is 5.78 Å². The second-order valence-corrected chi connectivity index (χ2v) is 12.4. The fourth-order valence-electron chi connectivity index (χ4n) is 5.94. The molecule has 0 unspecified atom stereocenters. The van der Waals surface area contributed by atoms with Crippen LogP contribution in [0.3, 0.4) is 0 Å². The summed E-state index contributed by atoms with van der Waals surface area (Å²) in [5.74, 6) is 0.0834. The van der Waals surface area contributed by atoms with Crippen LogP contribution in [0.5, 0.6) is 17.2 Å². The number of carbonyl (C=O) groups is 2. The molecule has 0 aliphatic carbocycles.